The molecule has 1 atom stereocenters. The van der Waals surface area contributed by atoms with Gasteiger partial charge in [0.25, 0.3) is 5.69 Å². The first kappa shape index (κ1) is 20.1. The van der Waals surface area contributed by atoms with Crippen molar-refractivity contribution >= 4 is 23.2 Å². The molecule has 0 aliphatic carbocycles. The molecule has 0 radical (unpaired) electrons. The Morgan fingerprint density at radius 2 is 1.93 bits per heavy atom. The number of carbonyl (C=O) groups is 1. The molecule has 1 heterocycles. The van der Waals surface area contributed by atoms with E-state index < -0.39 is 63.0 Å². The van der Waals surface area contributed by atoms with Crippen LogP contribution in [0.2, 0.25) is 0 Å². The number of hydrogen-bond acceptors (Lipinski definition) is 4. The molecule has 1 aromatic rings. The number of anilines is 2. The summed E-state index contributed by atoms with van der Waals surface area (Å²) in [4.78, 5) is 20.9. The van der Waals surface area contributed by atoms with Gasteiger partial charge in [0.15, 0.2) is 0 Å². The summed E-state index contributed by atoms with van der Waals surface area (Å²) in [6.45, 7) is 1.17. The molecule has 0 bridgehead atoms. The summed E-state index contributed by atoms with van der Waals surface area (Å²) in [6.07, 6.45) is -14.0. The van der Waals surface area contributed by atoms with E-state index in [1.807, 2.05) is 5.92 Å². The fourth-order valence-electron chi connectivity index (χ4n) is 2.60. The number of halogens is 6. The molecule has 0 aromatic heterocycles. The highest BCUT2D eigenvalue weighted by molar-refractivity contribution is 6.00. The Morgan fingerprint density at radius 3 is 2.33 bits per heavy atom. The molecule has 0 saturated heterocycles. The average molecular weight is 397 g/mol. The van der Waals surface area contributed by atoms with Gasteiger partial charge in [-0.3, -0.25) is 10.1 Å². The fraction of sp³-hybridized carbons (Fsp3) is 0.357. The third-order valence-electron chi connectivity index (χ3n) is 3.76. The third kappa shape index (κ3) is 3.18. The summed E-state index contributed by atoms with van der Waals surface area (Å²) < 4.78 is 80.3. The minimum Gasteiger partial charge on any atom is -0.465 e. The van der Waals surface area contributed by atoms with Crippen molar-refractivity contribution in [2.24, 2.45) is 0 Å². The zero-order valence-corrected chi connectivity index (χ0v) is 13.2. The second-order valence-electron chi connectivity index (χ2n) is 5.35. The quantitative estimate of drug-likeness (QED) is 0.338. The van der Waals surface area contributed by atoms with Gasteiger partial charge in [0.2, 0.25) is 5.66 Å². The maximum absolute atomic E-state index is 13.8. The SMILES string of the molecule is CC#CCC1(C(F)(F)F)Nc2c(cc(C(F)(F)F)cc2[N+](=O)[O-])N1C(=O)O. The molecular formula is C14H9F6N3O4. The average Bonchev–Trinajstić information content (AvgIpc) is 2.85. The van der Waals surface area contributed by atoms with Crippen LogP contribution in [0.5, 0.6) is 0 Å². The molecular weight excluding hydrogens is 388 g/mol. The molecule has 2 rings (SSSR count). The summed E-state index contributed by atoms with van der Waals surface area (Å²) in [5, 5.41) is 22.1. The second kappa shape index (κ2) is 6.22. The van der Waals surface area contributed by atoms with Crippen molar-refractivity contribution in [3.05, 3.63) is 27.8 Å². The molecule has 1 aliphatic rings. The van der Waals surface area contributed by atoms with E-state index in [0.29, 0.717) is 0 Å². The normalized spacial score (nSPS) is 19.0. The lowest BCUT2D eigenvalue weighted by Crippen LogP contribution is -2.62. The Bertz CT molecular complexity index is 871. The van der Waals surface area contributed by atoms with Gasteiger partial charge in [-0.1, -0.05) is 5.92 Å². The predicted molar refractivity (Wildman–Crippen MR) is 79.1 cm³/mol. The largest absolute Gasteiger partial charge is 0.465 e. The van der Waals surface area contributed by atoms with Gasteiger partial charge in [0.05, 0.1) is 22.6 Å². The molecule has 1 aliphatic heterocycles. The van der Waals surface area contributed by atoms with E-state index in [1.165, 1.54) is 6.92 Å². The molecule has 1 aromatic carbocycles. The summed E-state index contributed by atoms with van der Waals surface area (Å²) in [5.41, 5.74) is -8.63. The zero-order valence-electron chi connectivity index (χ0n) is 13.2. The van der Waals surface area contributed by atoms with Crippen LogP contribution < -0.4 is 10.2 Å². The summed E-state index contributed by atoms with van der Waals surface area (Å²) in [5.74, 6) is 4.15. The van der Waals surface area contributed by atoms with Crippen LogP contribution in [-0.2, 0) is 6.18 Å². The zero-order chi connectivity index (χ0) is 20.8. The highest BCUT2D eigenvalue weighted by Crippen LogP contribution is 2.53. The van der Waals surface area contributed by atoms with E-state index in [4.69, 9.17) is 0 Å². The third-order valence-corrected chi connectivity index (χ3v) is 3.76. The number of amides is 1. The lowest BCUT2D eigenvalue weighted by molar-refractivity contribution is -0.384. The predicted octanol–water partition coefficient (Wildman–Crippen LogP) is 4.20. The van der Waals surface area contributed by atoms with Crippen molar-refractivity contribution in [2.45, 2.75) is 31.4 Å². The first-order valence-corrected chi connectivity index (χ1v) is 6.93. The molecule has 0 saturated carbocycles. The monoisotopic (exact) mass is 397 g/mol. The van der Waals surface area contributed by atoms with Gasteiger partial charge in [-0.2, -0.15) is 26.3 Å². The number of nitro benzene ring substituents is 1. The molecule has 27 heavy (non-hydrogen) atoms. The standard InChI is InChI=1S/C14H9F6N3O4/c1-2-3-4-12(14(18,19)20)21-10-8(22(12)11(24)25)5-7(13(15,16)17)6-9(10)23(26)27/h5-6,21H,4H2,1H3,(H,24,25). The number of nitro groups is 1. The van der Waals surface area contributed by atoms with E-state index in [-0.39, 0.29) is 12.1 Å². The van der Waals surface area contributed by atoms with Gasteiger partial charge in [-0.05, 0) is 13.0 Å². The number of nitrogens with zero attached hydrogens (tertiary/aromatic N) is 2. The number of rotatable bonds is 2. The number of carboxylic acid groups (broad SMARTS) is 1. The molecule has 146 valence electrons. The molecule has 0 fully saturated rings. The van der Waals surface area contributed by atoms with E-state index in [1.54, 1.807) is 5.32 Å². The molecule has 7 nitrogen and oxygen atoms in total. The van der Waals surface area contributed by atoms with Crippen LogP contribution in [-0.4, -0.2) is 28.0 Å². The minimum absolute atomic E-state index is 0.0316. The van der Waals surface area contributed by atoms with Crippen LogP contribution in [0.3, 0.4) is 0 Å². The van der Waals surface area contributed by atoms with E-state index in [9.17, 15) is 46.4 Å². The first-order chi connectivity index (χ1) is 12.3. The van der Waals surface area contributed by atoms with Crippen molar-refractivity contribution in [3.8, 4) is 11.8 Å². The molecule has 0 spiro atoms. The van der Waals surface area contributed by atoms with Crippen molar-refractivity contribution in [2.75, 3.05) is 10.2 Å². The van der Waals surface area contributed by atoms with Crippen molar-refractivity contribution in [1.82, 2.24) is 0 Å². The highest BCUT2D eigenvalue weighted by atomic mass is 19.4. The Labute approximate surface area is 146 Å². The highest BCUT2D eigenvalue weighted by Gasteiger charge is 2.65. The first-order valence-electron chi connectivity index (χ1n) is 6.93. The van der Waals surface area contributed by atoms with Crippen LogP contribution in [0.15, 0.2) is 12.1 Å². The fourth-order valence-corrected chi connectivity index (χ4v) is 2.60. The van der Waals surface area contributed by atoms with Crippen LogP contribution in [0.25, 0.3) is 0 Å². The van der Waals surface area contributed by atoms with Gasteiger partial charge in [0, 0.05) is 6.07 Å². The topological polar surface area (TPSA) is 95.7 Å². The van der Waals surface area contributed by atoms with Gasteiger partial charge < -0.3 is 10.4 Å². The Morgan fingerprint density at radius 1 is 1.33 bits per heavy atom. The molecule has 2 N–H and O–H groups in total. The van der Waals surface area contributed by atoms with Gasteiger partial charge in [0.1, 0.15) is 5.69 Å². The summed E-state index contributed by atoms with van der Waals surface area (Å²) in [7, 11) is 0. The Hall–Kier alpha value is -3.17. The van der Waals surface area contributed by atoms with Crippen LogP contribution >= 0.6 is 0 Å². The Balaban J connectivity index is 2.88. The summed E-state index contributed by atoms with van der Waals surface area (Å²) >= 11 is 0. The number of nitrogens with one attached hydrogen (secondary N) is 1. The lowest BCUT2D eigenvalue weighted by atomic mass is 10.0. The minimum atomic E-state index is -5.36. The molecule has 1 amide bonds. The number of fused-ring (bicyclic) bond motifs is 1. The maximum Gasteiger partial charge on any atom is 0.431 e. The number of benzene rings is 1. The Kier molecular flexibility index (Phi) is 4.64. The van der Waals surface area contributed by atoms with Crippen LogP contribution in [0.4, 0.5) is 48.2 Å². The van der Waals surface area contributed by atoms with Crippen molar-refractivity contribution in [1.29, 1.82) is 0 Å². The van der Waals surface area contributed by atoms with Gasteiger partial charge in [-0.15, -0.1) is 5.92 Å². The van der Waals surface area contributed by atoms with Crippen molar-refractivity contribution < 1.29 is 41.2 Å². The molecule has 1 unspecified atom stereocenters. The maximum atomic E-state index is 13.8. The second-order valence-corrected chi connectivity index (χ2v) is 5.35. The van der Waals surface area contributed by atoms with Gasteiger partial charge in [-0.25, -0.2) is 9.69 Å². The summed E-state index contributed by atoms with van der Waals surface area (Å²) in [6, 6.07) is 0.139. The van der Waals surface area contributed by atoms with Crippen molar-refractivity contribution in [3.63, 3.8) is 0 Å². The van der Waals surface area contributed by atoms with E-state index >= 15 is 0 Å². The van der Waals surface area contributed by atoms with E-state index in [2.05, 4.69) is 5.92 Å². The van der Waals surface area contributed by atoms with Crippen LogP contribution in [0.1, 0.15) is 18.9 Å². The van der Waals surface area contributed by atoms with E-state index in [0.717, 1.165) is 0 Å². The lowest BCUT2D eigenvalue weighted by Gasteiger charge is -2.36. The van der Waals surface area contributed by atoms with Crippen LogP contribution in [0, 0.1) is 22.0 Å². The van der Waals surface area contributed by atoms with Gasteiger partial charge >= 0.3 is 18.4 Å². The number of hydrogen-bond donors (Lipinski definition) is 2. The smallest absolute Gasteiger partial charge is 0.431 e. The number of alkyl halides is 6. The molecule has 13 heteroatoms.